The lowest BCUT2D eigenvalue weighted by Crippen LogP contribution is -2.01. The van der Waals surface area contributed by atoms with Crippen LogP contribution in [0.15, 0.2) is 12.1 Å². The Balaban J connectivity index is 3.22. The van der Waals surface area contributed by atoms with Gasteiger partial charge in [0.2, 0.25) is 0 Å². The van der Waals surface area contributed by atoms with Crippen molar-refractivity contribution in [2.24, 2.45) is 0 Å². The van der Waals surface area contributed by atoms with Gasteiger partial charge < -0.3 is 4.74 Å². The summed E-state index contributed by atoms with van der Waals surface area (Å²) in [6, 6.07) is 3.25. The summed E-state index contributed by atoms with van der Waals surface area (Å²) in [5, 5.41) is 0.512. The molecule has 0 unspecified atom stereocenters. The predicted molar refractivity (Wildman–Crippen MR) is 57.8 cm³/mol. The van der Waals surface area contributed by atoms with Crippen LogP contribution in [0.2, 0.25) is 5.02 Å². The van der Waals surface area contributed by atoms with E-state index in [9.17, 15) is 4.79 Å². The highest BCUT2D eigenvalue weighted by atomic mass is 35.5. The fraction of sp³-hybridized carbons (Fsp3) is 0.300. The topological polar surface area (TPSA) is 26.3 Å². The van der Waals surface area contributed by atoms with Gasteiger partial charge in [0, 0.05) is 16.1 Å². The second kappa shape index (κ2) is 4.67. The minimum Gasteiger partial charge on any atom is -0.496 e. The number of methoxy groups -OCH3 is 1. The van der Waals surface area contributed by atoms with E-state index >= 15 is 0 Å². The number of hydrogen-bond donors (Lipinski definition) is 0. The number of rotatable bonds is 3. The number of alkyl halides is 1. The van der Waals surface area contributed by atoms with Crippen molar-refractivity contribution in [1.29, 1.82) is 0 Å². The molecule has 4 heteroatoms. The van der Waals surface area contributed by atoms with Crippen molar-refractivity contribution in [2.75, 3.05) is 13.0 Å². The van der Waals surface area contributed by atoms with Crippen LogP contribution in [0.3, 0.4) is 0 Å². The van der Waals surface area contributed by atoms with Gasteiger partial charge in [-0.1, -0.05) is 11.6 Å². The van der Waals surface area contributed by atoms with Crippen LogP contribution in [0.1, 0.15) is 15.9 Å². The van der Waals surface area contributed by atoms with Crippen LogP contribution >= 0.6 is 23.2 Å². The Bertz CT molecular complexity index is 361. The van der Waals surface area contributed by atoms with Gasteiger partial charge >= 0.3 is 0 Å². The Labute approximate surface area is 92.8 Å². The van der Waals surface area contributed by atoms with Crippen molar-refractivity contribution in [3.05, 3.63) is 28.3 Å². The van der Waals surface area contributed by atoms with Crippen LogP contribution in [0.4, 0.5) is 0 Å². The summed E-state index contributed by atoms with van der Waals surface area (Å²) in [6.07, 6.45) is 0. The summed E-state index contributed by atoms with van der Waals surface area (Å²) in [5.41, 5.74) is 1.30. The maximum absolute atomic E-state index is 11.3. The molecule has 14 heavy (non-hydrogen) atoms. The molecular weight excluding hydrogens is 223 g/mol. The molecule has 0 aliphatic heterocycles. The Morgan fingerprint density at radius 3 is 2.64 bits per heavy atom. The van der Waals surface area contributed by atoms with E-state index in [4.69, 9.17) is 27.9 Å². The molecule has 2 nitrogen and oxygen atoms in total. The lowest BCUT2D eigenvalue weighted by Gasteiger charge is -2.08. The van der Waals surface area contributed by atoms with Gasteiger partial charge in [-0.3, -0.25) is 4.79 Å². The highest BCUT2D eigenvalue weighted by molar-refractivity contribution is 6.33. The molecule has 0 aliphatic carbocycles. The van der Waals surface area contributed by atoms with Gasteiger partial charge in [0.25, 0.3) is 0 Å². The summed E-state index contributed by atoms with van der Waals surface area (Å²) in [4.78, 5) is 11.3. The molecule has 0 aromatic heterocycles. The maximum atomic E-state index is 11.3. The molecule has 0 saturated carbocycles. The first-order valence-corrected chi connectivity index (χ1v) is 4.94. The number of hydrogen-bond acceptors (Lipinski definition) is 2. The third-order valence-corrected chi connectivity index (χ3v) is 2.60. The minimum absolute atomic E-state index is 0.0530. The van der Waals surface area contributed by atoms with Crippen molar-refractivity contribution in [3.63, 3.8) is 0 Å². The van der Waals surface area contributed by atoms with E-state index in [1.165, 1.54) is 7.11 Å². The van der Waals surface area contributed by atoms with Gasteiger partial charge in [-0.15, -0.1) is 11.6 Å². The van der Waals surface area contributed by atoms with Crippen molar-refractivity contribution < 1.29 is 9.53 Å². The zero-order valence-corrected chi connectivity index (χ0v) is 9.45. The molecule has 0 amide bonds. The van der Waals surface area contributed by atoms with Gasteiger partial charge in [-0.05, 0) is 19.1 Å². The van der Waals surface area contributed by atoms with E-state index in [0.29, 0.717) is 16.3 Å². The van der Waals surface area contributed by atoms with Gasteiger partial charge in [0.15, 0.2) is 5.78 Å². The van der Waals surface area contributed by atoms with E-state index in [0.717, 1.165) is 5.56 Å². The van der Waals surface area contributed by atoms with E-state index in [1.54, 1.807) is 12.1 Å². The van der Waals surface area contributed by atoms with Crippen molar-refractivity contribution in [1.82, 2.24) is 0 Å². The number of halogens is 2. The fourth-order valence-electron chi connectivity index (χ4n) is 1.10. The Hall–Kier alpha value is -0.730. The van der Waals surface area contributed by atoms with Gasteiger partial charge in [0.1, 0.15) is 5.75 Å². The Kier molecular flexibility index (Phi) is 3.78. The van der Waals surface area contributed by atoms with E-state index in [1.807, 2.05) is 6.92 Å². The molecule has 0 saturated heterocycles. The molecule has 0 N–H and O–H groups in total. The SMILES string of the molecule is COc1cc(C(=O)CCl)cc(Cl)c1C. The summed E-state index contributed by atoms with van der Waals surface area (Å²) in [6.45, 7) is 1.83. The fourth-order valence-corrected chi connectivity index (χ4v) is 1.47. The highest BCUT2D eigenvalue weighted by Crippen LogP contribution is 2.27. The van der Waals surface area contributed by atoms with Crippen LogP contribution < -0.4 is 4.74 Å². The van der Waals surface area contributed by atoms with Crippen molar-refractivity contribution >= 4 is 29.0 Å². The first kappa shape index (κ1) is 11.3. The van der Waals surface area contributed by atoms with E-state index in [2.05, 4.69) is 0 Å². The first-order chi connectivity index (χ1) is 6.60. The van der Waals surface area contributed by atoms with Crippen molar-refractivity contribution in [2.45, 2.75) is 6.92 Å². The maximum Gasteiger partial charge on any atom is 0.177 e. The van der Waals surface area contributed by atoms with Crippen LogP contribution in [0, 0.1) is 6.92 Å². The lowest BCUT2D eigenvalue weighted by atomic mass is 10.1. The van der Waals surface area contributed by atoms with Crippen molar-refractivity contribution in [3.8, 4) is 5.75 Å². The third kappa shape index (κ3) is 2.20. The lowest BCUT2D eigenvalue weighted by molar-refractivity contribution is 0.102. The Morgan fingerprint density at radius 2 is 2.14 bits per heavy atom. The number of carbonyl (C=O) groups excluding carboxylic acids is 1. The van der Waals surface area contributed by atoms with E-state index < -0.39 is 0 Å². The zero-order chi connectivity index (χ0) is 10.7. The number of ether oxygens (including phenoxy) is 1. The molecule has 0 radical (unpaired) electrons. The highest BCUT2D eigenvalue weighted by Gasteiger charge is 2.10. The second-order valence-electron chi connectivity index (χ2n) is 2.84. The Morgan fingerprint density at radius 1 is 1.50 bits per heavy atom. The average Bonchev–Trinajstić information content (AvgIpc) is 2.20. The van der Waals surface area contributed by atoms with Gasteiger partial charge in [-0.2, -0.15) is 0 Å². The molecule has 0 aliphatic rings. The number of ketones is 1. The normalized spacial score (nSPS) is 10.0. The monoisotopic (exact) mass is 232 g/mol. The summed E-state index contributed by atoms with van der Waals surface area (Å²) >= 11 is 11.4. The molecule has 0 spiro atoms. The van der Waals surface area contributed by atoms with Crippen LogP contribution in [0.25, 0.3) is 0 Å². The zero-order valence-electron chi connectivity index (χ0n) is 7.93. The molecular formula is C10H10Cl2O2. The van der Waals surface area contributed by atoms with Crippen LogP contribution in [-0.2, 0) is 0 Å². The molecule has 0 fully saturated rings. The molecule has 0 bridgehead atoms. The number of Topliss-reactive ketones (excluding diaryl/α,β-unsaturated/α-hetero) is 1. The molecule has 0 atom stereocenters. The summed E-state index contributed by atoms with van der Waals surface area (Å²) in [5.74, 6) is 0.389. The van der Waals surface area contributed by atoms with Crippen LogP contribution in [-0.4, -0.2) is 18.8 Å². The number of carbonyl (C=O) groups is 1. The van der Waals surface area contributed by atoms with E-state index in [-0.39, 0.29) is 11.7 Å². The number of benzene rings is 1. The molecule has 76 valence electrons. The predicted octanol–water partition coefficient (Wildman–Crippen LogP) is 3.08. The smallest absolute Gasteiger partial charge is 0.177 e. The van der Waals surface area contributed by atoms with Gasteiger partial charge in [-0.25, -0.2) is 0 Å². The third-order valence-electron chi connectivity index (χ3n) is 1.96. The molecule has 0 heterocycles. The molecule has 1 rings (SSSR count). The average molecular weight is 233 g/mol. The quantitative estimate of drug-likeness (QED) is 0.592. The van der Waals surface area contributed by atoms with Gasteiger partial charge in [0.05, 0.1) is 13.0 Å². The second-order valence-corrected chi connectivity index (χ2v) is 3.52. The molecule has 1 aromatic rings. The summed E-state index contributed by atoms with van der Waals surface area (Å²) in [7, 11) is 1.54. The standard InChI is InChI=1S/C10H10Cl2O2/c1-6-8(12)3-7(9(13)5-11)4-10(6)14-2/h3-4H,5H2,1-2H3. The first-order valence-electron chi connectivity index (χ1n) is 4.03. The minimum atomic E-state index is -0.160. The molecule has 1 aromatic carbocycles. The van der Waals surface area contributed by atoms with Crippen LogP contribution in [0.5, 0.6) is 5.75 Å². The summed E-state index contributed by atoms with van der Waals surface area (Å²) < 4.78 is 5.08. The largest absolute Gasteiger partial charge is 0.496 e.